The second-order valence-electron chi connectivity index (χ2n) is 19.8. The molecule has 51 heavy (non-hydrogen) atoms. The first kappa shape index (κ1) is 40.9. The van der Waals surface area contributed by atoms with Gasteiger partial charge >= 0.3 is 5.97 Å². The average molecular weight is 730 g/mol. The number of carboxylic acid groups (broad SMARTS) is 1. The molecule has 0 saturated heterocycles. The topological polar surface area (TPSA) is 140 Å². The van der Waals surface area contributed by atoms with Crippen molar-refractivity contribution in [3.8, 4) is 0 Å². The molecule has 0 aromatic heterocycles. The monoisotopic (exact) mass is 730 g/mol. The smallest absolute Gasteiger partial charge is 0.309 e. The lowest BCUT2D eigenvalue weighted by Gasteiger charge is -2.78. The number of fused-ring (bicyclic) bond motifs is 7. The zero-order valence-corrected chi connectivity index (χ0v) is 34.3. The summed E-state index contributed by atoms with van der Waals surface area (Å²) in [6, 6.07) is 0. The van der Waals surface area contributed by atoms with E-state index in [1.807, 2.05) is 0 Å². The number of aliphatic hydroxyl groups is 1. The van der Waals surface area contributed by atoms with Gasteiger partial charge in [-0.05, 0) is 136 Å². The standard InChI is InChI=1S/C42H72N3O5P/c1-27(2)29-11-17-40(25-28(3)45-21-23-49-24-22-46)20-19-39(10)38(9)16-12-30-36(6,7)32(50-33(51)26-35(4,5)34(47)48)14-15-37(30,8)31(38)13-18-41(39,43)42(29,40)44/h29-32,45-46,51H,1,3,11-26,43-44H2,2,4-10H3,(H,47,48)/t29-,30-,31+,32-,37-,38+,39-,40+,41?,42+/m0/s1. The highest BCUT2D eigenvalue weighted by Gasteiger charge is 2.79. The summed E-state index contributed by atoms with van der Waals surface area (Å²) >= 11 is 0. The molecule has 5 saturated carbocycles. The fourth-order valence-electron chi connectivity index (χ4n) is 13.8. The number of nitrogens with two attached hydrogens (primary N) is 2. The molecule has 5 rings (SSSR count). The maximum atomic E-state index is 11.9. The second kappa shape index (κ2) is 13.8. The first-order chi connectivity index (χ1) is 23.5. The highest BCUT2D eigenvalue weighted by Crippen LogP contribution is 2.79. The predicted octanol–water partition coefficient (Wildman–Crippen LogP) is 7.47. The van der Waals surface area contributed by atoms with Crippen molar-refractivity contribution in [2.24, 2.45) is 61.7 Å². The largest absolute Gasteiger partial charge is 0.481 e. The number of allylic oxidation sites excluding steroid dienone is 1. The Kier molecular flexibility index (Phi) is 11.1. The van der Waals surface area contributed by atoms with Gasteiger partial charge in [0.25, 0.3) is 0 Å². The minimum Gasteiger partial charge on any atom is -0.481 e. The SMILES string of the molecule is C=C(C[C@]12CC[C@@H](C(=C)C)[C@]1(N)C1(N)CC[C@@H]3[C@@]4(C)CC[C@H](OC(=P)CC(C)(C)C(=O)O)C(C)(C)[C@@H]4CC[C@@]3(C)[C@]1(C)CC2)NCCOCCO. The zero-order chi connectivity index (χ0) is 38.1. The average Bonchev–Trinajstić information content (AvgIpc) is 3.33. The molecular weight excluding hydrogens is 657 g/mol. The van der Waals surface area contributed by atoms with Crippen LogP contribution in [0.5, 0.6) is 0 Å². The molecule has 5 aliphatic carbocycles. The van der Waals surface area contributed by atoms with Crippen LogP contribution in [0.4, 0.5) is 0 Å². The van der Waals surface area contributed by atoms with Crippen LogP contribution in [0.25, 0.3) is 0 Å². The van der Waals surface area contributed by atoms with E-state index in [-0.39, 0.29) is 45.7 Å². The Morgan fingerprint density at radius 3 is 2.24 bits per heavy atom. The predicted molar refractivity (Wildman–Crippen MR) is 210 cm³/mol. The molecule has 0 aliphatic heterocycles. The van der Waals surface area contributed by atoms with Gasteiger partial charge in [0, 0.05) is 29.7 Å². The van der Waals surface area contributed by atoms with Crippen LogP contribution in [0.3, 0.4) is 0 Å². The van der Waals surface area contributed by atoms with Gasteiger partial charge in [0.15, 0.2) is 0 Å². The number of aliphatic carboxylic acids is 1. The summed E-state index contributed by atoms with van der Waals surface area (Å²) in [4.78, 5) is 11.9. The lowest BCUT2D eigenvalue weighted by Crippen LogP contribution is -2.86. The summed E-state index contributed by atoms with van der Waals surface area (Å²) in [6.07, 6.45) is 11.5. The van der Waals surface area contributed by atoms with Crippen molar-refractivity contribution < 1.29 is 24.5 Å². The van der Waals surface area contributed by atoms with Crippen LogP contribution >= 0.6 is 8.86 Å². The van der Waals surface area contributed by atoms with Crippen molar-refractivity contribution in [1.82, 2.24) is 5.32 Å². The number of ether oxygens (including phenoxy) is 2. The van der Waals surface area contributed by atoms with E-state index in [4.69, 9.17) is 26.0 Å². The van der Waals surface area contributed by atoms with Crippen LogP contribution in [0.1, 0.15) is 132 Å². The molecule has 0 aromatic carbocycles. The summed E-state index contributed by atoms with van der Waals surface area (Å²) in [5, 5.41) is 22.3. The van der Waals surface area contributed by atoms with E-state index in [1.54, 1.807) is 13.8 Å². The molecule has 0 heterocycles. The normalized spacial score (nSPS) is 42.9. The lowest BCUT2D eigenvalue weighted by atomic mass is 9.29. The molecule has 5 fully saturated rings. The third-order valence-corrected chi connectivity index (χ3v) is 17.0. The first-order valence-electron chi connectivity index (χ1n) is 19.8. The van der Waals surface area contributed by atoms with E-state index in [0.717, 1.165) is 81.9 Å². The fourth-order valence-corrected chi connectivity index (χ4v) is 14.4. The highest BCUT2D eigenvalue weighted by molar-refractivity contribution is 7.20. The van der Waals surface area contributed by atoms with Crippen molar-refractivity contribution in [3.63, 3.8) is 0 Å². The van der Waals surface area contributed by atoms with E-state index >= 15 is 0 Å². The van der Waals surface area contributed by atoms with Crippen molar-refractivity contribution in [2.75, 3.05) is 26.4 Å². The Morgan fingerprint density at radius 1 is 0.941 bits per heavy atom. The number of carboxylic acids is 1. The molecule has 9 heteroatoms. The van der Waals surface area contributed by atoms with Crippen LogP contribution in [0.15, 0.2) is 24.4 Å². The van der Waals surface area contributed by atoms with Gasteiger partial charge < -0.3 is 36.5 Å². The Bertz CT molecular complexity index is 1400. The molecule has 0 aromatic rings. The highest BCUT2D eigenvalue weighted by atomic mass is 31.0. The van der Waals surface area contributed by atoms with Crippen LogP contribution in [-0.4, -0.2) is 65.2 Å². The molecule has 290 valence electrons. The van der Waals surface area contributed by atoms with Gasteiger partial charge in [-0.2, -0.15) is 0 Å². The van der Waals surface area contributed by atoms with E-state index in [1.165, 1.54) is 0 Å². The van der Waals surface area contributed by atoms with Gasteiger partial charge in [-0.3, -0.25) is 4.79 Å². The molecule has 0 radical (unpaired) electrons. The lowest BCUT2D eigenvalue weighted by molar-refractivity contribution is -0.257. The molecule has 1 unspecified atom stereocenters. The van der Waals surface area contributed by atoms with Gasteiger partial charge in [0.05, 0.1) is 36.8 Å². The van der Waals surface area contributed by atoms with Gasteiger partial charge in [-0.1, -0.05) is 62.2 Å². The Morgan fingerprint density at radius 2 is 1.61 bits per heavy atom. The molecular formula is C42H72N3O5P. The van der Waals surface area contributed by atoms with E-state index in [9.17, 15) is 9.90 Å². The molecule has 5 aliphatic rings. The van der Waals surface area contributed by atoms with Crippen molar-refractivity contribution in [2.45, 2.75) is 150 Å². The summed E-state index contributed by atoms with van der Waals surface area (Å²) in [7, 11) is 3.71. The quantitative estimate of drug-likeness (QED) is 0.0705. The fraction of sp³-hybridized carbons (Fsp3) is 0.857. The number of nitrogens with one attached hydrogen (secondary N) is 1. The number of hydrogen-bond acceptors (Lipinski definition) is 7. The minimum absolute atomic E-state index is 0.0187. The number of hydrogen-bond donors (Lipinski definition) is 5. The molecule has 0 bridgehead atoms. The molecule has 7 N–H and O–H groups in total. The molecule has 10 atom stereocenters. The van der Waals surface area contributed by atoms with E-state index in [0.29, 0.717) is 43.5 Å². The maximum absolute atomic E-state index is 11.9. The number of aliphatic hydroxyl groups excluding tert-OH is 1. The van der Waals surface area contributed by atoms with Crippen LogP contribution in [0, 0.1) is 50.2 Å². The zero-order valence-electron chi connectivity index (χ0n) is 33.3. The number of carbonyl (C=O) groups is 1. The Balaban J connectivity index is 1.43. The molecule has 0 spiro atoms. The Hall–Kier alpha value is -1.28. The third-order valence-electron chi connectivity index (χ3n) is 16.7. The van der Waals surface area contributed by atoms with Crippen LogP contribution in [0.2, 0.25) is 0 Å². The van der Waals surface area contributed by atoms with Gasteiger partial charge in [0.1, 0.15) is 0 Å². The van der Waals surface area contributed by atoms with Crippen LogP contribution < -0.4 is 16.8 Å². The maximum Gasteiger partial charge on any atom is 0.309 e. The van der Waals surface area contributed by atoms with Gasteiger partial charge in [0.2, 0.25) is 0 Å². The van der Waals surface area contributed by atoms with Gasteiger partial charge in [-0.25, -0.2) is 0 Å². The summed E-state index contributed by atoms with van der Waals surface area (Å²) in [5.74, 6) is 0.323. The van der Waals surface area contributed by atoms with Crippen molar-refractivity contribution >= 4 is 20.3 Å². The molecule has 0 amide bonds. The molecule has 8 nitrogen and oxygen atoms in total. The number of rotatable bonds is 14. The third kappa shape index (κ3) is 6.04. The minimum atomic E-state index is -0.900. The van der Waals surface area contributed by atoms with Crippen molar-refractivity contribution in [1.29, 1.82) is 0 Å². The first-order valence-corrected chi connectivity index (χ1v) is 20.3. The van der Waals surface area contributed by atoms with E-state index in [2.05, 4.69) is 68.9 Å². The Labute approximate surface area is 311 Å². The van der Waals surface area contributed by atoms with Crippen LogP contribution in [-0.2, 0) is 14.3 Å². The van der Waals surface area contributed by atoms with Gasteiger partial charge in [-0.15, -0.1) is 0 Å². The summed E-state index contributed by atoms with van der Waals surface area (Å²) in [6.45, 7) is 28.7. The van der Waals surface area contributed by atoms with E-state index < -0.39 is 22.5 Å². The summed E-state index contributed by atoms with van der Waals surface area (Å²) in [5.41, 5.74) is 16.7. The van der Waals surface area contributed by atoms with Crippen molar-refractivity contribution in [3.05, 3.63) is 24.4 Å². The summed E-state index contributed by atoms with van der Waals surface area (Å²) < 4.78 is 12.1. The second-order valence-corrected chi connectivity index (χ2v) is 20.4.